The third-order valence-corrected chi connectivity index (χ3v) is 9.64. The van der Waals surface area contributed by atoms with Crippen LogP contribution in [0.3, 0.4) is 0 Å². The van der Waals surface area contributed by atoms with Gasteiger partial charge in [-0.1, -0.05) is 13.8 Å². The van der Waals surface area contributed by atoms with Crippen LogP contribution in [-0.2, 0) is 24.3 Å². The molecule has 5 aliphatic rings. The quantitative estimate of drug-likeness (QED) is 0.480. The number of amides is 1. The Morgan fingerprint density at radius 1 is 1.03 bits per heavy atom. The molecule has 36 heavy (non-hydrogen) atoms. The first kappa shape index (κ1) is 25.3. The molecule has 1 aromatic rings. The zero-order valence-corrected chi connectivity index (χ0v) is 21.8. The molecule has 4 saturated carbocycles. The van der Waals surface area contributed by atoms with Crippen LogP contribution >= 0.6 is 0 Å². The fourth-order valence-electron chi connectivity index (χ4n) is 6.95. The highest BCUT2D eigenvalue weighted by Crippen LogP contribution is 2.59. The maximum absolute atomic E-state index is 13.0. The van der Waals surface area contributed by atoms with Crippen molar-refractivity contribution in [3.05, 3.63) is 18.2 Å². The van der Waals surface area contributed by atoms with Gasteiger partial charge in [-0.3, -0.25) is 9.59 Å². The topological polar surface area (TPSA) is 120 Å². The molecular weight excluding hydrogens is 484 g/mol. The zero-order valence-electron chi connectivity index (χ0n) is 21.0. The molecular formula is C26H36N2O7S. The number of carbonyl (C=O) groups is 2. The molecule has 0 spiro atoms. The molecule has 0 unspecified atom stereocenters. The van der Waals surface area contributed by atoms with Crippen molar-refractivity contribution in [1.29, 1.82) is 0 Å². The third kappa shape index (κ3) is 5.34. The van der Waals surface area contributed by atoms with Crippen LogP contribution in [0.2, 0.25) is 0 Å². The lowest BCUT2D eigenvalue weighted by Gasteiger charge is -2.56. The summed E-state index contributed by atoms with van der Waals surface area (Å²) in [6, 6.07) is 3.16. The smallest absolute Gasteiger partial charge is 0.324 e. The Balaban J connectivity index is 1.15. The van der Waals surface area contributed by atoms with Gasteiger partial charge in [0.15, 0.2) is 18.1 Å². The normalized spacial score (nSPS) is 29.1. The molecule has 198 valence electrons. The Morgan fingerprint density at radius 3 is 2.25 bits per heavy atom. The van der Waals surface area contributed by atoms with Gasteiger partial charge in [0.1, 0.15) is 19.3 Å². The van der Waals surface area contributed by atoms with Crippen LogP contribution in [0.4, 0.5) is 0 Å². The lowest BCUT2D eigenvalue weighted by Crippen LogP contribution is -2.51. The van der Waals surface area contributed by atoms with Crippen LogP contribution in [0.1, 0.15) is 52.4 Å². The van der Waals surface area contributed by atoms with E-state index in [2.05, 4.69) is 10.0 Å². The molecule has 0 radical (unpaired) electrons. The summed E-state index contributed by atoms with van der Waals surface area (Å²) in [5, 5.41) is 2.99. The minimum atomic E-state index is -4.04. The van der Waals surface area contributed by atoms with Crippen molar-refractivity contribution in [3.8, 4) is 11.5 Å². The Bertz CT molecular complexity index is 1080. The van der Waals surface area contributed by atoms with Crippen molar-refractivity contribution in [2.45, 2.75) is 63.3 Å². The number of fused-ring (bicyclic) bond motifs is 1. The molecule has 1 amide bonds. The molecule has 1 aromatic carbocycles. The second-order valence-electron chi connectivity index (χ2n) is 11.5. The SMILES string of the molecule is CC(C)[C@H](NS(=O)(=O)c1ccc2c(c1)OCCO2)C(=O)OCC(=O)NCC12CC3CC(CC(C3)C1)C2. The number of rotatable bonds is 9. The summed E-state index contributed by atoms with van der Waals surface area (Å²) in [4.78, 5) is 25.3. The average molecular weight is 521 g/mol. The number of ether oxygens (including phenoxy) is 3. The largest absolute Gasteiger partial charge is 0.486 e. The molecule has 0 saturated heterocycles. The zero-order chi connectivity index (χ0) is 25.5. The standard InChI is InChI=1S/C26H36N2O7S/c1-16(2)24(28-36(31,32)20-3-4-21-22(10-20)34-6-5-33-21)25(30)35-14-23(29)27-15-26-11-17-7-18(12-26)9-19(8-17)13-26/h3-4,10,16-19,24,28H,5-9,11-15H2,1-2H3,(H,27,29)/t17?,18?,19?,24-,26?/m0/s1. The molecule has 4 bridgehead atoms. The monoisotopic (exact) mass is 520 g/mol. The van der Waals surface area contributed by atoms with Crippen molar-refractivity contribution in [1.82, 2.24) is 10.0 Å². The summed E-state index contributed by atoms with van der Waals surface area (Å²) in [5.41, 5.74) is 0.189. The first-order valence-electron chi connectivity index (χ1n) is 13.0. The van der Waals surface area contributed by atoms with Crippen LogP contribution in [0.25, 0.3) is 0 Å². The van der Waals surface area contributed by atoms with Crippen molar-refractivity contribution < 1.29 is 32.2 Å². The summed E-state index contributed by atoms with van der Waals surface area (Å²) in [7, 11) is -4.04. The summed E-state index contributed by atoms with van der Waals surface area (Å²) >= 11 is 0. The van der Waals surface area contributed by atoms with E-state index in [1.54, 1.807) is 13.8 Å². The highest BCUT2D eigenvalue weighted by molar-refractivity contribution is 7.89. The van der Waals surface area contributed by atoms with E-state index in [1.165, 1.54) is 56.7 Å². The third-order valence-electron chi connectivity index (χ3n) is 8.20. The lowest BCUT2D eigenvalue weighted by molar-refractivity contribution is -0.151. The van der Waals surface area contributed by atoms with Gasteiger partial charge in [-0.15, -0.1) is 0 Å². The molecule has 2 N–H and O–H groups in total. The van der Waals surface area contributed by atoms with Gasteiger partial charge in [-0.05, 0) is 79.7 Å². The summed E-state index contributed by atoms with van der Waals surface area (Å²) < 4.78 is 44.6. The number of benzene rings is 1. The second-order valence-corrected chi connectivity index (χ2v) is 13.2. The number of esters is 1. The molecule has 6 rings (SSSR count). The minimum Gasteiger partial charge on any atom is -0.486 e. The molecule has 9 nitrogen and oxygen atoms in total. The van der Waals surface area contributed by atoms with E-state index in [4.69, 9.17) is 14.2 Å². The van der Waals surface area contributed by atoms with Gasteiger partial charge in [0.05, 0.1) is 4.90 Å². The van der Waals surface area contributed by atoms with Crippen molar-refractivity contribution in [3.63, 3.8) is 0 Å². The molecule has 10 heteroatoms. The van der Waals surface area contributed by atoms with Crippen LogP contribution in [0, 0.1) is 29.1 Å². The van der Waals surface area contributed by atoms with Gasteiger partial charge < -0.3 is 19.5 Å². The maximum atomic E-state index is 13.0. The van der Waals surface area contributed by atoms with Gasteiger partial charge in [0.2, 0.25) is 10.0 Å². The van der Waals surface area contributed by atoms with Crippen molar-refractivity contribution in [2.24, 2.45) is 29.1 Å². The number of sulfonamides is 1. The van der Waals surface area contributed by atoms with E-state index in [9.17, 15) is 18.0 Å². The van der Waals surface area contributed by atoms with Gasteiger partial charge >= 0.3 is 5.97 Å². The first-order valence-corrected chi connectivity index (χ1v) is 14.5. The van der Waals surface area contributed by atoms with Gasteiger partial charge in [0.25, 0.3) is 5.91 Å². The predicted molar refractivity (Wildman–Crippen MR) is 131 cm³/mol. The van der Waals surface area contributed by atoms with E-state index >= 15 is 0 Å². The van der Waals surface area contributed by atoms with Crippen LogP contribution < -0.4 is 19.5 Å². The highest BCUT2D eigenvalue weighted by atomic mass is 32.2. The Morgan fingerprint density at radius 2 is 1.64 bits per heavy atom. The predicted octanol–water partition coefficient (Wildman–Crippen LogP) is 2.64. The summed E-state index contributed by atoms with van der Waals surface area (Å²) in [6.07, 6.45) is 7.54. The second kappa shape index (κ2) is 9.85. The molecule has 1 aliphatic heterocycles. The van der Waals surface area contributed by atoms with Crippen LogP contribution in [0.5, 0.6) is 11.5 Å². The van der Waals surface area contributed by atoms with E-state index in [0.29, 0.717) is 31.3 Å². The number of hydrogen-bond acceptors (Lipinski definition) is 7. The number of hydrogen-bond donors (Lipinski definition) is 2. The van der Waals surface area contributed by atoms with Gasteiger partial charge in [-0.2, -0.15) is 4.72 Å². The summed E-state index contributed by atoms with van der Waals surface area (Å²) in [6.45, 7) is 4.35. The van der Waals surface area contributed by atoms with E-state index in [1.807, 2.05) is 0 Å². The Hall–Kier alpha value is -2.33. The van der Waals surface area contributed by atoms with Crippen LogP contribution in [-0.4, -0.2) is 52.7 Å². The first-order chi connectivity index (χ1) is 17.1. The summed E-state index contributed by atoms with van der Waals surface area (Å²) in [5.74, 6) is 1.66. The van der Waals surface area contributed by atoms with E-state index in [0.717, 1.165) is 17.8 Å². The molecule has 1 heterocycles. The average Bonchev–Trinajstić information content (AvgIpc) is 2.83. The molecule has 0 aromatic heterocycles. The number of nitrogens with one attached hydrogen (secondary N) is 2. The Labute approximate surface area is 212 Å². The fraction of sp³-hybridized carbons (Fsp3) is 0.692. The highest BCUT2D eigenvalue weighted by Gasteiger charge is 2.50. The van der Waals surface area contributed by atoms with Crippen molar-refractivity contribution in [2.75, 3.05) is 26.4 Å². The minimum absolute atomic E-state index is 0.0430. The fourth-order valence-corrected chi connectivity index (χ4v) is 8.30. The van der Waals surface area contributed by atoms with E-state index < -0.39 is 28.6 Å². The van der Waals surface area contributed by atoms with E-state index in [-0.39, 0.29) is 22.1 Å². The maximum Gasteiger partial charge on any atom is 0.324 e. The van der Waals surface area contributed by atoms with Gasteiger partial charge in [-0.25, -0.2) is 8.42 Å². The molecule has 4 aliphatic carbocycles. The molecule has 4 fully saturated rings. The van der Waals surface area contributed by atoms with Crippen molar-refractivity contribution >= 4 is 21.9 Å². The Kier molecular flexibility index (Phi) is 6.93. The van der Waals surface area contributed by atoms with Gasteiger partial charge in [0, 0.05) is 12.6 Å². The lowest BCUT2D eigenvalue weighted by atomic mass is 9.49. The number of carbonyl (C=O) groups excluding carboxylic acids is 2. The molecule has 1 atom stereocenters. The van der Waals surface area contributed by atoms with Crippen LogP contribution in [0.15, 0.2) is 23.1 Å².